The van der Waals surface area contributed by atoms with Gasteiger partial charge in [-0.15, -0.1) is 0 Å². The van der Waals surface area contributed by atoms with E-state index >= 15 is 0 Å². The first-order valence-electron chi connectivity index (χ1n) is 6.14. The summed E-state index contributed by atoms with van der Waals surface area (Å²) in [5.41, 5.74) is 1.78. The second kappa shape index (κ2) is 4.15. The van der Waals surface area contributed by atoms with Gasteiger partial charge in [-0.3, -0.25) is 0 Å². The van der Waals surface area contributed by atoms with E-state index in [0.29, 0.717) is 5.92 Å². The standard InChI is InChI=1S/C14H16FNO/c15-12-3-1-2-10(8-12)9-13-14(17)11-4-6-16(13)7-5-11/h1-3,8-9,11,14,17H,4-7H2. The number of benzene rings is 1. The Morgan fingerprint density at radius 1 is 1.29 bits per heavy atom. The summed E-state index contributed by atoms with van der Waals surface area (Å²) in [6.07, 6.45) is 3.68. The molecule has 3 saturated heterocycles. The lowest BCUT2D eigenvalue weighted by molar-refractivity contribution is 0.0215. The third kappa shape index (κ3) is 1.95. The van der Waals surface area contributed by atoms with Gasteiger partial charge in [0.2, 0.25) is 0 Å². The highest BCUT2D eigenvalue weighted by Gasteiger charge is 2.36. The summed E-state index contributed by atoms with van der Waals surface area (Å²) in [5.74, 6) is 0.157. The topological polar surface area (TPSA) is 23.5 Å². The largest absolute Gasteiger partial charge is 0.387 e. The van der Waals surface area contributed by atoms with Gasteiger partial charge in [0.25, 0.3) is 0 Å². The summed E-state index contributed by atoms with van der Waals surface area (Å²) in [5, 5.41) is 10.2. The highest BCUT2D eigenvalue weighted by Crippen LogP contribution is 2.35. The summed E-state index contributed by atoms with van der Waals surface area (Å²) in [6, 6.07) is 6.51. The van der Waals surface area contributed by atoms with Gasteiger partial charge < -0.3 is 10.0 Å². The third-order valence-electron chi connectivity index (χ3n) is 3.82. The molecule has 0 amide bonds. The maximum Gasteiger partial charge on any atom is 0.123 e. The molecule has 3 aliphatic rings. The summed E-state index contributed by atoms with van der Waals surface area (Å²) in [6.45, 7) is 2.03. The SMILES string of the molecule is OC1C(=Cc2cccc(F)c2)N2CCC1CC2. The fourth-order valence-electron chi connectivity index (χ4n) is 2.85. The van der Waals surface area contributed by atoms with E-state index in [4.69, 9.17) is 0 Å². The lowest BCUT2D eigenvalue weighted by atomic mass is 9.83. The Bertz CT molecular complexity index is 445. The Hall–Kier alpha value is -1.35. The molecule has 0 radical (unpaired) electrons. The van der Waals surface area contributed by atoms with Crippen molar-refractivity contribution in [1.29, 1.82) is 0 Å². The van der Waals surface area contributed by atoms with Crippen molar-refractivity contribution < 1.29 is 9.50 Å². The average molecular weight is 233 g/mol. The van der Waals surface area contributed by atoms with Crippen LogP contribution in [0.5, 0.6) is 0 Å². The fraction of sp³-hybridized carbons (Fsp3) is 0.429. The highest BCUT2D eigenvalue weighted by molar-refractivity contribution is 5.54. The lowest BCUT2D eigenvalue weighted by Crippen LogP contribution is -2.48. The van der Waals surface area contributed by atoms with Gasteiger partial charge in [-0.1, -0.05) is 12.1 Å². The summed E-state index contributed by atoms with van der Waals surface area (Å²) < 4.78 is 13.1. The second-order valence-corrected chi connectivity index (χ2v) is 4.89. The third-order valence-corrected chi connectivity index (χ3v) is 3.82. The molecular formula is C14H16FNO. The molecule has 3 aliphatic heterocycles. The molecular weight excluding hydrogens is 217 g/mol. The van der Waals surface area contributed by atoms with E-state index in [9.17, 15) is 9.50 Å². The number of hydrogen-bond donors (Lipinski definition) is 1. The van der Waals surface area contributed by atoms with E-state index in [2.05, 4.69) is 4.90 Å². The Kier molecular flexibility index (Phi) is 2.63. The van der Waals surface area contributed by atoms with Gasteiger partial charge >= 0.3 is 0 Å². The zero-order valence-electron chi connectivity index (χ0n) is 9.64. The Morgan fingerprint density at radius 3 is 2.71 bits per heavy atom. The van der Waals surface area contributed by atoms with Crippen molar-refractivity contribution in [3.63, 3.8) is 0 Å². The van der Waals surface area contributed by atoms with E-state index in [1.807, 2.05) is 12.1 Å². The van der Waals surface area contributed by atoms with Gasteiger partial charge in [0.1, 0.15) is 5.82 Å². The number of hydrogen-bond acceptors (Lipinski definition) is 2. The van der Waals surface area contributed by atoms with Crippen LogP contribution >= 0.6 is 0 Å². The second-order valence-electron chi connectivity index (χ2n) is 4.89. The van der Waals surface area contributed by atoms with Gasteiger partial charge in [-0.25, -0.2) is 4.39 Å². The van der Waals surface area contributed by atoms with Gasteiger partial charge in [0, 0.05) is 18.8 Å². The maximum absolute atomic E-state index is 13.1. The summed E-state index contributed by atoms with van der Waals surface area (Å²) in [4.78, 5) is 2.22. The molecule has 2 nitrogen and oxygen atoms in total. The lowest BCUT2D eigenvalue weighted by Gasteiger charge is -2.45. The van der Waals surface area contributed by atoms with Gasteiger partial charge in [0.15, 0.2) is 0 Å². The Morgan fingerprint density at radius 2 is 2.06 bits per heavy atom. The van der Waals surface area contributed by atoms with Crippen LogP contribution in [0.1, 0.15) is 18.4 Å². The van der Waals surface area contributed by atoms with Gasteiger partial charge in [-0.05, 0) is 42.5 Å². The normalized spacial score (nSPS) is 30.0. The van der Waals surface area contributed by atoms with E-state index in [-0.39, 0.29) is 11.9 Å². The molecule has 3 heterocycles. The quantitative estimate of drug-likeness (QED) is 0.804. The van der Waals surface area contributed by atoms with Crippen LogP contribution < -0.4 is 0 Å². The molecule has 90 valence electrons. The highest BCUT2D eigenvalue weighted by atomic mass is 19.1. The minimum Gasteiger partial charge on any atom is -0.387 e. The number of fused-ring (bicyclic) bond motifs is 3. The summed E-state index contributed by atoms with van der Waals surface area (Å²) in [7, 11) is 0. The van der Waals surface area contributed by atoms with Crippen LogP contribution in [0.3, 0.4) is 0 Å². The number of piperidine rings is 3. The van der Waals surface area contributed by atoms with E-state index in [1.165, 1.54) is 12.1 Å². The number of nitrogens with zero attached hydrogens (tertiary/aromatic N) is 1. The monoisotopic (exact) mass is 233 g/mol. The number of aliphatic hydroxyl groups excluding tert-OH is 1. The van der Waals surface area contributed by atoms with Gasteiger partial charge in [0.05, 0.1) is 6.10 Å². The number of rotatable bonds is 1. The van der Waals surface area contributed by atoms with Crippen LogP contribution in [0, 0.1) is 11.7 Å². The van der Waals surface area contributed by atoms with Crippen molar-refractivity contribution in [3.05, 3.63) is 41.3 Å². The molecule has 3 fully saturated rings. The first-order chi connectivity index (χ1) is 8.24. The molecule has 0 aromatic heterocycles. The predicted octanol–water partition coefficient (Wildman–Crippen LogP) is 2.25. The van der Waals surface area contributed by atoms with Crippen molar-refractivity contribution in [1.82, 2.24) is 4.90 Å². The van der Waals surface area contributed by atoms with Crippen LogP contribution in [0.4, 0.5) is 4.39 Å². The average Bonchev–Trinajstić information content (AvgIpc) is 2.34. The minimum absolute atomic E-state index is 0.232. The molecule has 1 atom stereocenters. The minimum atomic E-state index is -0.374. The first kappa shape index (κ1) is 10.8. The summed E-state index contributed by atoms with van der Waals surface area (Å²) >= 11 is 0. The van der Waals surface area contributed by atoms with Crippen LogP contribution in [-0.2, 0) is 0 Å². The Balaban J connectivity index is 1.93. The molecule has 0 saturated carbocycles. The molecule has 0 aliphatic carbocycles. The van der Waals surface area contributed by atoms with Crippen molar-refractivity contribution in [3.8, 4) is 0 Å². The maximum atomic E-state index is 13.1. The molecule has 0 spiro atoms. The van der Waals surface area contributed by atoms with E-state index in [0.717, 1.165) is 37.2 Å². The molecule has 1 N–H and O–H groups in total. The van der Waals surface area contributed by atoms with Crippen LogP contribution in [0.25, 0.3) is 6.08 Å². The zero-order valence-corrected chi connectivity index (χ0v) is 9.64. The zero-order chi connectivity index (χ0) is 11.8. The number of halogens is 1. The molecule has 4 rings (SSSR count). The molecule has 1 aromatic rings. The molecule has 17 heavy (non-hydrogen) atoms. The van der Waals surface area contributed by atoms with Crippen LogP contribution in [0.15, 0.2) is 30.0 Å². The van der Waals surface area contributed by atoms with Gasteiger partial charge in [-0.2, -0.15) is 0 Å². The van der Waals surface area contributed by atoms with E-state index in [1.54, 1.807) is 6.07 Å². The van der Waals surface area contributed by atoms with Crippen LogP contribution in [0.2, 0.25) is 0 Å². The molecule has 1 unspecified atom stereocenters. The van der Waals surface area contributed by atoms with E-state index < -0.39 is 0 Å². The Labute approximate surface area is 100 Å². The van der Waals surface area contributed by atoms with Crippen molar-refractivity contribution >= 4 is 6.08 Å². The smallest absolute Gasteiger partial charge is 0.123 e. The first-order valence-corrected chi connectivity index (χ1v) is 6.14. The van der Waals surface area contributed by atoms with Crippen molar-refractivity contribution in [2.24, 2.45) is 5.92 Å². The van der Waals surface area contributed by atoms with Crippen LogP contribution in [-0.4, -0.2) is 29.2 Å². The van der Waals surface area contributed by atoms with Crippen molar-refractivity contribution in [2.75, 3.05) is 13.1 Å². The molecule has 2 bridgehead atoms. The predicted molar refractivity (Wildman–Crippen MR) is 64.7 cm³/mol. The molecule has 3 heteroatoms. The fourth-order valence-corrected chi connectivity index (χ4v) is 2.85. The number of aliphatic hydroxyl groups is 1. The molecule has 1 aromatic carbocycles. The van der Waals surface area contributed by atoms with Crippen molar-refractivity contribution in [2.45, 2.75) is 18.9 Å².